The predicted octanol–water partition coefficient (Wildman–Crippen LogP) is 2.79. The third-order valence-corrected chi connectivity index (χ3v) is 3.18. The number of carbonyl (C=O) groups excluding carboxylic acids is 2. The van der Waals surface area contributed by atoms with Gasteiger partial charge < -0.3 is 15.0 Å². The van der Waals surface area contributed by atoms with Gasteiger partial charge in [0.2, 0.25) is 0 Å². The van der Waals surface area contributed by atoms with Crippen LogP contribution in [0.3, 0.4) is 0 Å². The monoisotopic (exact) mass is 298 g/mol. The third kappa shape index (κ3) is 3.44. The van der Waals surface area contributed by atoms with Crippen LogP contribution in [-0.2, 0) is 4.74 Å². The summed E-state index contributed by atoms with van der Waals surface area (Å²) < 4.78 is 4.66. The molecule has 0 saturated heterocycles. The zero-order valence-electron chi connectivity index (χ0n) is 12.8. The average molecular weight is 298 g/mol. The number of anilines is 2. The van der Waals surface area contributed by atoms with Gasteiger partial charge in [-0.05, 0) is 30.3 Å². The van der Waals surface area contributed by atoms with Gasteiger partial charge in [0.05, 0.1) is 24.0 Å². The van der Waals surface area contributed by atoms with Crippen LogP contribution >= 0.6 is 0 Å². The fourth-order valence-corrected chi connectivity index (χ4v) is 2.07. The fourth-order valence-electron chi connectivity index (χ4n) is 2.07. The molecule has 0 bridgehead atoms. The van der Waals surface area contributed by atoms with Gasteiger partial charge in [-0.2, -0.15) is 0 Å². The van der Waals surface area contributed by atoms with Gasteiger partial charge in [-0.3, -0.25) is 4.79 Å². The molecular formula is C17H18N2O3. The average Bonchev–Trinajstić information content (AvgIpc) is 2.54. The first kappa shape index (κ1) is 15.6. The van der Waals surface area contributed by atoms with Gasteiger partial charge in [0.25, 0.3) is 5.91 Å². The number of para-hydroxylation sites is 2. The van der Waals surface area contributed by atoms with E-state index >= 15 is 0 Å². The van der Waals surface area contributed by atoms with E-state index in [9.17, 15) is 9.59 Å². The van der Waals surface area contributed by atoms with E-state index in [1.54, 1.807) is 18.2 Å². The fraction of sp³-hybridized carbons (Fsp3) is 0.176. The molecule has 2 rings (SSSR count). The Morgan fingerprint density at radius 3 is 2.36 bits per heavy atom. The second-order valence-corrected chi connectivity index (χ2v) is 4.94. The van der Waals surface area contributed by atoms with Crippen LogP contribution in [0.5, 0.6) is 0 Å². The molecule has 0 saturated carbocycles. The van der Waals surface area contributed by atoms with Gasteiger partial charge in [0.15, 0.2) is 0 Å². The van der Waals surface area contributed by atoms with E-state index in [4.69, 9.17) is 0 Å². The maximum Gasteiger partial charge on any atom is 0.337 e. The van der Waals surface area contributed by atoms with Crippen LogP contribution in [0.15, 0.2) is 48.5 Å². The van der Waals surface area contributed by atoms with Gasteiger partial charge in [0, 0.05) is 19.7 Å². The number of hydrogen-bond acceptors (Lipinski definition) is 4. The molecule has 1 N–H and O–H groups in total. The van der Waals surface area contributed by atoms with Crippen LogP contribution < -0.4 is 10.2 Å². The van der Waals surface area contributed by atoms with E-state index in [2.05, 4.69) is 10.1 Å². The standard InChI is InChI=1S/C17H18N2O3/c1-19(2)15-10-5-4-9-14(15)18-16(20)12-7-6-8-13(11-12)17(21)22-3/h4-11H,1-3H3,(H,18,20). The summed E-state index contributed by atoms with van der Waals surface area (Å²) in [5.74, 6) is -0.747. The molecular weight excluding hydrogens is 280 g/mol. The SMILES string of the molecule is COC(=O)c1cccc(C(=O)Nc2ccccc2N(C)C)c1. The van der Waals surface area contributed by atoms with Crippen LogP contribution in [0.25, 0.3) is 0 Å². The first-order valence-electron chi connectivity index (χ1n) is 6.79. The minimum absolute atomic E-state index is 0.278. The van der Waals surface area contributed by atoms with Crippen molar-refractivity contribution in [1.29, 1.82) is 0 Å². The first-order chi connectivity index (χ1) is 10.5. The van der Waals surface area contributed by atoms with Crippen molar-refractivity contribution in [2.75, 3.05) is 31.4 Å². The molecule has 5 heteroatoms. The summed E-state index contributed by atoms with van der Waals surface area (Å²) in [5.41, 5.74) is 2.36. The molecule has 0 unspecified atom stereocenters. The van der Waals surface area contributed by atoms with Gasteiger partial charge >= 0.3 is 5.97 Å². The number of carbonyl (C=O) groups is 2. The topological polar surface area (TPSA) is 58.6 Å². The molecule has 0 radical (unpaired) electrons. The molecule has 0 aliphatic carbocycles. The number of nitrogens with one attached hydrogen (secondary N) is 1. The Morgan fingerprint density at radius 1 is 1.00 bits per heavy atom. The van der Waals surface area contributed by atoms with Crippen molar-refractivity contribution in [3.63, 3.8) is 0 Å². The van der Waals surface area contributed by atoms with Crippen molar-refractivity contribution in [3.05, 3.63) is 59.7 Å². The number of ether oxygens (including phenoxy) is 1. The summed E-state index contributed by atoms with van der Waals surface area (Å²) in [5, 5.41) is 2.86. The number of benzene rings is 2. The van der Waals surface area contributed by atoms with Crippen LogP contribution in [0.2, 0.25) is 0 Å². The van der Waals surface area contributed by atoms with Gasteiger partial charge in [-0.15, -0.1) is 0 Å². The number of methoxy groups -OCH3 is 1. The van der Waals surface area contributed by atoms with Gasteiger partial charge in [0.1, 0.15) is 0 Å². The number of nitrogens with zero attached hydrogens (tertiary/aromatic N) is 1. The van der Waals surface area contributed by atoms with Crippen molar-refractivity contribution in [3.8, 4) is 0 Å². The molecule has 0 spiro atoms. The molecule has 114 valence electrons. The highest BCUT2D eigenvalue weighted by molar-refractivity contribution is 6.07. The molecule has 0 aliphatic rings. The molecule has 2 aromatic rings. The Morgan fingerprint density at radius 2 is 1.68 bits per heavy atom. The second kappa shape index (κ2) is 6.76. The van der Waals surface area contributed by atoms with Crippen molar-refractivity contribution < 1.29 is 14.3 Å². The molecule has 5 nitrogen and oxygen atoms in total. The van der Waals surface area contributed by atoms with Crippen LogP contribution in [0, 0.1) is 0 Å². The quantitative estimate of drug-likeness (QED) is 0.882. The summed E-state index contributed by atoms with van der Waals surface area (Å²) >= 11 is 0. The molecule has 0 heterocycles. The Labute approximate surface area is 129 Å². The Bertz CT molecular complexity index is 696. The van der Waals surface area contributed by atoms with Crippen molar-refractivity contribution in [1.82, 2.24) is 0 Å². The van der Waals surface area contributed by atoms with Crippen molar-refractivity contribution >= 4 is 23.3 Å². The summed E-state index contributed by atoms with van der Waals surface area (Å²) in [6, 6.07) is 13.9. The first-order valence-corrected chi connectivity index (χ1v) is 6.79. The lowest BCUT2D eigenvalue weighted by Crippen LogP contribution is -2.17. The van der Waals surface area contributed by atoms with Crippen LogP contribution in [-0.4, -0.2) is 33.1 Å². The largest absolute Gasteiger partial charge is 0.465 e. The highest BCUT2D eigenvalue weighted by Crippen LogP contribution is 2.24. The molecule has 1 amide bonds. The highest BCUT2D eigenvalue weighted by Gasteiger charge is 2.12. The molecule has 0 atom stereocenters. The lowest BCUT2D eigenvalue weighted by atomic mass is 10.1. The predicted molar refractivity (Wildman–Crippen MR) is 86.5 cm³/mol. The minimum Gasteiger partial charge on any atom is -0.465 e. The van der Waals surface area contributed by atoms with E-state index in [1.165, 1.54) is 13.2 Å². The summed E-state index contributed by atoms with van der Waals surface area (Å²) in [4.78, 5) is 25.8. The number of esters is 1. The minimum atomic E-state index is -0.469. The summed E-state index contributed by atoms with van der Waals surface area (Å²) in [7, 11) is 5.12. The molecule has 0 aliphatic heterocycles. The molecule has 0 aromatic heterocycles. The van der Waals surface area contributed by atoms with Crippen molar-refractivity contribution in [2.24, 2.45) is 0 Å². The zero-order chi connectivity index (χ0) is 16.1. The Balaban J connectivity index is 2.25. The Kier molecular flexibility index (Phi) is 4.78. The zero-order valence-corrected chi connectivity index (χ0v) is 12.8. The second-order valence-electron chi connectivity index (χ2n) is 4.94. The Hall–Kier alpha value is -2.82. The number of amides is 1. The van der Waals surface area contributed by atoms with Gasteiger partial charge in [-0.1, -0.05) is 18.2 Å². The molecule has 2 aromatic carbocycles. The lowest BCUT2D eigenvalue weighted by Gasteiger charge is -2.17. The van der Waals surface area contributed by atoms with E-state index in [1.807, 2.05) is 43.3 Å². The van der Waals surface area contributed by atoms with E-state index < -0.39 is 5.97 Å². The van der Waals surface area contributed by atoms with Crippen LogP contribution in [0.4, 0.5) is 11.4 Å². The van der Waals surface area contributed by atoms with Crippen molar-refractivity contribution in [2.45, 2.75) is 0 Å². The van der Waals surface area contributed by atoms with E-state index in [0.717, 1.165) is 5.69 Å². The summed E-state index contributed by atoms with van der Waals surface area (Å²) in [6.07, 6.45) is 0. The van der Waals surface area contributed by atoms with Gasteiger partial charge in [-0.25, -0.2) is 4.79 Å². The third-order valence-electron chi connectivity index (χ3n) is 3.18. The van der Waals surface area contributed by atoms with Crippen LogP contribution in [0.1, 0.15) is 20.7 Å². The lowest BCUT2D eigenvalue weighted by molar-refractivity contribution is 0.0600. The number of rotatable bonds is 4. The summed E-state index contributed by atoms with van der Waals surface area (Å²) in [6.45, 7) is 0. The van der Waals surface area contributed by atoms with E-state index in [-0.39, 0.29) is 5.91 Å². The highest BCUT2D eigenvalue weighted by atomic mass is 16.5. The number of hydrogen-bond donors (Lipinski definition) is 1. The maximum atomic E-state index is 12.4. The maximum absolute atomic E-state index is 12.4. The normalized spacial score (nSPS) is 9.95. The molecule has 0 fully saturated rings. The smallest absolute Gasteiger partial charge is 0.337 e. The van der Waals surface area contributed by atoms with E-state index in [0.29, 0.717) is 16.8 Å². The molecule has 22 heavy (non-hydrogen) atoms.